The maximum absolute atomic E-state index is 13.3. The van der Waals surface area contributed by atoms with E-state index in [0.717, 1.165) is 10.4 Å². The minimum Gasteiger partial charge on any atom is -0.353 e. The van der Waals surface area contributed by atoms with E-state index < -0.39 is 44.9 Å². The van der Waals surface area contributed by atoms with Crippen LogP contribution < -0.4 is 5.32 Å². The van der Waals surface area contributed by atoms with Crippen molar-refractivity contribution in [1.82, 2.24) is 9.62 Å². The van der Waals surface area contributed by atoms with E-state index in [1.165, 1.54) is 6.92 Å². The van der Waals surface area contributed by atoms with Crippen LogP contribution in [0.4, 0.5) is 17.6 Å². The molecule has 0 unspecified atom stereocenters. The second kappa shape index (κ2) is 7.47. The Morgan fingerprint density at radius 1 is 1.29 bits per heavy atom. The first kappa shape index (κ1) is 20.4. The molecule has 0 heterocycles. The molecule has 0 aromatic heterocycles. The van der Waals surface area contributed by atoms with Gasteiger partial charge in [-0.25, -0.2) is 12.8 Å². The summed E-state index contributed by atoms with van der Waals surface area (Å²) in [5, 5.41) is 2.49. The van der Waals surface area contributed by atoms with Gasteiger partial charge < -0.3 is 5.32 Å². The molecule has 1 N–H and O–H groups in total. The van der Waals surface area contributed by atoms with Gasteiger partial charge >= 0.3 is 6.18 Å². The van der Waals surface area contributed by atoms with E-state index in [-0.39, 0.29) is 18.7 Å². The van der Waals surface area contributed by atoms with E-state index >= 15 is 0 Å². The molecule has 1 aromatic rings. The zero-order valence-corrected chi connectivity index (χ0v) is 14.1. The number of sulfonamides is 1. The summed E-state index contributed by atoms with van der Waals surface area (Å²) in [5.41, 5.74) is -1.67. The first-order chi connectivity index (χ1) is 10.9. The number of hydrogen-bond acceptors (Lipinski definition) is 3. The number of rotatable bonds is 6. The molecular formula is C14H18F4N2O3S. The predicted molar refractivity (Wildman–Crippen MR) is 79.1 cm³/mol. The number of hydrogen-bond donors (Lipinski definition) is 1. The number of benzene rings is 1. The number of alkyl halides is 3. The zero-order chi connectivity index (χ0) is 18.7. The summed E-state index contributed by atoms with van der Waals surface area (Å²) in [5.74, 6) is -2.16. The van der Waals surface area contributed by atoms with Gasteiger partial charge in [0.05, 0.1) is 17.0 Å². The van der Waals surface area contributed by atoms with E-state index in [4.69, 9.17) is 0 Å². The Morgan fingerprint density at radius 2 is 1.88 bits per heavy atom. The molecule has 0 bridgehead atoms. The molecule has 10 heteroatoms. The Hall–Kier alpha value is -1.68. The van der Waals surface area contributed by atoms with Gasteiger partial charge in [-0.15, -0.1) is 0 Å². The Labute approximate surface area is 137 Å². The lowest BCUT2D eigenvalue weighted by molar-refractivity contribution is -0.140. The second-order valence-electron chi connectivity index (χ2n) is 5.29. The van der Waals surface area contributed by atoms with Crippen LogP contribution in [-0.2, 0) is 21.0 Å². The van der Waals surface area contributed by atoms with Gasteiger partial charge in [0.25, 0.3) is 0 Å². The third-order valence-corrected chi connectivity index (χ3v) is 4.92. The van der Waals surface area contributed by atoms with Crippen LogP contribution >= 0.6 is 0 Å². The molecule has 5 nitrogen and oxygen atoms in total. The smallest absolute Gasteiger partial charge is 0.353 e. The lowest BCUT2D eigenvalue weighted by atomic mass is 10.2. The summed E-state index contributed by atoms with van der Waals surface area (Å²) in [4.78, 5) is 11.0. The summed E-state index contributed by atoms with van der Waals surface area (Å²) in [6, 6.07) is 1.19. The third kappa shape index (κ3) is 4.91. The number of amides is 1. The molecule has 0 aliphatic rings. The molecule has 0 aliphatic heterocycles. The third-order valence-electron chi connectivity index (χ3n) is 3.00. The van der Waals surface area contributed by atoms with E-state index in [9.17, 15) is 30.8 Å². The molecule has 1 aromatic carbocycles. The number of nitrogens with zero attached hydrogens (tertiary/aromatic N) is 1. The highest BCUT2D eigenvalue weighted by atomic mass is 32.2. The summed E-state index contributed by atoms with van der Waals surface area (Å²) >= 11 is 0. The lowest BCUT2D eigenvalue weighted by Crippen LogP contribution is -2.42. The van der Waals surface area contributed by atoms with Crippen molar-refractivity contribution in [2.24, 2.45) is 0 Å². The maximum atomic E-state index is 13.3. The van der Waals surface area contributed by atoms with Crippen molar-refractivity contribution in [1.29, 1.82) is 0 Å². The second-order valence-corrected chi connectivity index (χ2v) is 7.23. The van der Waals surface area contributed by atoms with Gasteiger partial charge in [-0.3, -0.25) is 4.79 Å². The van der Waals surface area contributed by atoms with Crippen molar-refractivity contribution in [3.63, 3.8) is 0 Å². The Kier molecular flexibility index (Phi) is 6.34. The van der Waals surface area contributed by atoms with Gasteiger partial charge in [0, 0.05) is 12.6 Å². The molecule has 0 saturated heterocycles. The molecule has 1 rings (SSSR count). The van der Waals surface area contributed by atoms with Crippen LogP contribution in [0.25, 0.3) is 0 Å². The van der Waals surface area contributed by atoms with Crippen LogP contribution in [0.2, 0.25) is 0 Å². The average Bonchev–Trinajstić information content (AvgIpc) is 2.42. The number of nitrogens with one attached hydrogen (secondary N) is 1. The van der Waals surface area contributed by atoms with Crippen LogP contribution in [0.1, 0.15) is 26.3 Å². The molecule has 0 atom stereocenters. The lowest BCUT2D eigenvalue weighted by Gasteiger charge is -2.21. The van der Waals surface area contributed by atoms with Gasteiger partial charge in [0.1, 0.15) is 5.82 Å². The van der Waals surface area contributed by atoms with Crippen molar-refractivity contribution in [2.45, 2.75) is 37.9 Å². The van der Waals surface area contributed by atoms with Crippen LogP contribution in [-0.4, -0.2) is 37.8 Å². The van der Waals surface area contributed by atoms with Crippen LogP contribution in [0.15, 0.2) is 23.1 Å². The fourth-order valence-corrected chi connectivity index (χ4v) is 3.36. The van der Waals surface area contributed by atoms with Crippen molar-refractivity contribution in [3.8, 4) is 0 Å². The quantitative estimate of drug-likeness (QED) is 0.782. The normalized spacial score (nSPS) is 12.7. The highest BCUT2D eigenvalue weighted by Crippen LogP contribution is 2.33. The molecule has 0 saturated carbocycles. The zero-order valence-electron chi connectivity index (χ0n) is 13.3. The van der Waals surface area contributed by atoms with E-state index in [0.29, 0.717) is 6.07 Å². The molecular weight excluding hydrogens is 352 g/mol. The van der Waals surface area contributed by atoms with Crippen LogP contribution in [0.3, 0.4) is 0 Å². The van der Waals surface area contributed by atoms with Crippen molar-refractivity contribution in [2.75, 3.05) is 13.1 Å². The summed E-state index contributed by atoms with van der Waals surface area (Å²) in [6.45, 7) is 4.12. The Balaban J connectivity index is 3.20. The Bertz CT molecular complexity index is 702. The standard InChI is InChI=1S/C14H18F4N2O3S/c1-4-20(8-13(21)19-9(2)3)24(22,23)10-5-6-12(15)11(7-10)14(16,17)18/h5-7,9H,4,8H2,1-3H3,(H,19,21). The molecule has 136 valence electrons. The SMILES string of the molecule is CCN(CC(=O)NC(C)C)S(=O)(=O)c1ccc(F)c(C(F)(F)F)c1. The summed E-state index contributed by atoms with van der Waals surface area (Å²) < 4.78 is 77.1. The van der Waals surface area contributed by atoms with E-state index in [1.807, 2.05) is 0 Å². The monoisotopic (exact) mass is 370 g/mol. The fourth-order valence-electron chi connectivity index (χ4n) is 1.93. The summed E-state index contributed by atoms with van der Waals surface area (Å²) in [6.07, 6.45) is -5.03. The van der Waals surface area contributed by atoms with Gasteiger partial charge in [-0.05, 0) is 32.0 Å². The minimum atomic E-state index is -5.03. The maximum Gasteiger partial charge on any atom is 0.419 e. The van der Waals surface area contributed by atoms with Gasteiger partial charge in [-0.2, -0.15) is 17.5 Å². The number of carbonyl (C=O) groups is 1. The van der Waals surface area contributed by atoms with Gasteiger partial charge in [-0.1, -0.05) is 6.92 Å². The largest absolute Gasteiger partial charge is 0.419 e. The predicted octanol–water partition coefficient (Wildman–Crippen LogP) is 2.38. The van der Waals surface area contributed by atoms with Gasteiger partial charge in [0.2, 0.25) is 15.9 Å². The highest BCUT2D eigenvalue weighted by Gasteiger charge is 2.36. The first-order valence-corrected chi connectivity index (χ1v) is 8.49. The molecule has 1 amide bonds. The minimum absolute atomic E-state index is 0.132. The van der Waals surface area contributed by atoms with Crippen molar-refractivity contribution < 1.29 is 30.8 Å². The number of halogens is 4. The molecule has 24 heavy (non-hydrogen) atoms. The van der Waals surface area contributed by atoms with E-state index in [1.54, 1.807) is 13.8 Å². The van der Waals surface area contributed by atoms with Crippen LogP contribution in [0, 0.1) is 5.82 Å². The number of carbonyl (C=O) groups excluding carboxylic acids is 1. The topological polar surface area (TPSA) is 66.5 Å². The molecule has 0 aliphatic carbocycles. The van der Waals surface area contributed by atoms with Crippen molar-refractivity contribution in [3.05, 3.63) is 29.6 Å². The Morgan fingerprint density at radius 3 is 2.33 bits per heavy atom. The highest BCUT2D eigenvalue weighted by molar-refractivity contribution is 7.89. The van der Waals surface area contributed by atoms with Gasteiger partial charge in [0.15, 0.2) is 0 Å². The fraction of sp³-hybridized carbons (Fsp3) is 0.500. The van der Waals surface area contributed by atoms with E-state index in [2.05, 4.69) is 5.32 Å². The van der Waals surface area contributed by atoms with Crippen molar-refractivity contribution >= 4 is 15.9 Å². The summed E-state index contributed by atoms with van der Waals surface area (Å²) in [7, 11) is -4.38. The first-order valence-electron chi connectivity index (χ1n) is 7.05. The molecule has 0 radical (unpaired) electrons. The van der Waals surface area contributed by atoms with Crippen LogP contribution in [0.5, 0.6) is 0 Å². The average molecular weight is 370 g/mol. The number of likely N-dealkylation sites (N-methyl/N-ethyl adjacent to an activating group) is 1. The molecule has 0 spiro atoms. The molecule has 0 fully saturated rings.